The topological polar surface area (TPSA) is 0 Å². The Morgan fingerprint density at radius 1 is 0.342 bits per heavy atom. The van der Waals surface area contributed by atoms with Crippen LogP contribution in [0.4, 0.5) is 0 Å². The summed E-state index contributed by atoms with van der Waals surface area (Å²) in [5, 5.41) is 8.16. The van der Waals surface area contributed by atoms with E-state index in [-0.39, 0.29) is 0 Å². The quantitative estimate of drug-likeness (QED) is 0.195. The second kappa shape index (κ2) is 13.6. The molecule has 0 aromatic heterocycles. The minimum absolute atomic E-state index is 1.33. The molecule has 0 radical (unpaired) electrons. The Morgan fingerprint density at radius 3 is 1.45 bits per heavy atom. The van der Waals surface area contributed by atoms with Gasteiger partial charge >= 0.3 is 0 Å². The van der Waals surface area contributed by atoms with E-state index >= 15 is 0 Å². The van der Waals surface area contributed by atoms with Gasteiger partial charge in [-0.05, 0) is 102 Å². The largest absolute Gasteiger partial charge is 0.0683 e. The fourth-order valence-corrected chi connectivity index (χ4v) is 4.70. The molecular weight excluding hydrogens is 456 g/mol. The Labute approximate surface area is 230 Å². The maximum Gasteiger partial charge on any atom is -0.0152 e. The van der Waals surface area contributed by atoms with Crippen LogP contribution in [-0.2, 0) is 0 Å². The molecule has 0 heterocycles. The van der Waals surface area contributed by atoms with Gasteiger partial charge in [0.1, 0.15) is 0 Å². The standard InChI is InChI=1S/C13H14.C12H12.C11H10.C2H6/c1-9-4-7-13-11(3)10(2)5-6-12(13)8-9;1-9-7-8-10(2)12-6-4-3-5-11(9)12;1-9-5-4-7-10-6-2-3-8-11(9)10;1-2/h4-8H,1-3H3;3-8H,1-2H3;2-8H,1H3;1-2H3. The Kier molecular flexibility index (Phi) is 10.3. The van der Waals surface area contributed by atoms with Crippen molar-refractivity contribution < 1.29 is 0 Å². The predicted octanol–water partition coefficient (Wildman–Crippen LogP) is 11.4. The molecule has 0 atom stereocenters. The van der Waals surface area contributed by atoms with Gasteiger partial charge in [-0.2, -0.15) is 0 Å². The van der Waals surface area contributed by atoms with Gasteiger partial charge in [0.05, 0.1) is 0 Å². The fraction of sp³-hybridized carbons (Fsp3) is 0.211. The second-order valence-electron chi connectivity index (χ2n) is 9.77. The molecule has 0 aliphatic rings. The van der Waals surface area contributed by atoms with Crippen molar-refractivity contribution in [1.82, 2.24) is 0 Å². The minimum atomic E-state index is 1.33. The zero-order chi connectivity index (χ0) is 27.7. The molecule has 0 heteroatoms. The number of fused-ring (bicyclic) bond motifs is 3. The third kappa shape index (κ3) is 6.90. The van der Waals surface area contributed by atoms with Gasteiger partial charge in [-0.25, -0.2) is 0 Å². The lowest BCUT2D eigenvalue weighted by Gasteiger charge is -2.05. The first kappa shape index (κ1) is 28.7. The lowest BCUT2D eigenvalue weighted by Crippen LogP contribution is -1.83. The zero-order valence-electron chi connectivity index (χ0n) is 24.4. The van der Waals surface area contributed by atoms with Crippen molar-refractivity contribution in [3.63, 3.8) is 0 Å². The van der Waals surface area contributed by atoms with Crippen LogP contribution in [0.15, 0.2) is 109 Å². The molecular formula is C38H42. The van der Waals surface area contributed by atoms with Crippen LogP contribution in [0.1, 0.15) is 47.2 Å². The molecule has 0 saturated carbocycles. The molecule has 0 fully saturated rings. The molecule has 6 rings (SSSR count). The minimum Gasteiger partial charge on any atom is -0.0683 e. The van der Waals surface area contributed by atoms with E-state index in [4.69, 9.17) is 0 Å². The maximum atomic E-state index is 2.24. The highest BCUT2D eigenvalue weighted by atomic mass is 14.0. The molecule has 0 saturated heterocycles. The fourth-order valence-electron chi connectivity index (χ4n) is 4.70. The highest BCUT2D eigenvalue weighted by Gasteiger charge is 1.99. The SMILES string of the molecule is CC.Cc1ccc(C)c2ccccc12.Cc1ccc2c(C)c(C)ccc2c1.Cc1cccc2ccccc12. The first-order valence-corrected chi connectivity index (χ1v) is 13.7. The smallest absolute Gasteiger partial charge is 0.0152 e. The van der Waals surface area contributed by atoms with Gasteiger partial charge in [0.25, 0.3) is 0 Å². The Morgan fingerprint density at radius 2 is 0.842 bits per heavy atom. The summed E-state index contributed by atoms with van der Waals surface area (Å²) in [6.45, 7) is 16.9. The molecule has 194 valence electrons. The maximum absolute atomic E-state index is 2.24. The van der Waals surface area contributed by atoms with E-state index in [0.717, 1.165) is 0 Å². The second-order valence-corrected chi connectivity index (χ2v) is 9.77. The van der Waals surface area contributed by atoms with Gasteiger partial charge in [0.2, 0.25) is 0 Å². The Hall–Kier alpha value is -3.90. The molecule has 0 bridgehead atoms. The lowest BCUT2D eigenvalue weighted by atomic mass is 10.00. The lowest BCUT2D eigenvalue weighted by molar-refractivity contribution is 1.37. The van der Waals surface area contributed by atoms with Gasteiger partial charge in [0.15, 0.2) is 0 Å². The van der Waals surface area contributed by atoms with Crippen molar-refractivity contribution in [2.45, 2.75) is 55.4 Å². The average Bonchev–Trinajstić information content (AvgIpc) is 2.95. The van der Waals surface area contributed by atoms with Crippen LogP contribution >= 0.6 is 0 Å². The van der Waals surface area contributed by atoms with E-state index in [1.54, 1.807) is 0 Å². The van der Waals surface area contributed by atoms with Gasteiger partial charge in [-0.15, -0.1) is 0 Å². The molecule has 0 unspecified atom stereocenters. The summed E-state index contributed by atoms with van der Waals surface area (Å²) in [6, 6.07) is 38.7. The van der Waals surface area contributed by atoms with Crippen molar-refractivity contribution in [3.8, 4) is 0 Å². The van der Waals surface area contributed by atoms with Crippen molar-refractivity contribution in [2.24, 2.45) is 0 Å². The molecule has 0 aliphatic carbocycles. The van der Waals surface area contributed by atoms with Crippen LogP contribution in [0.25, 0.3) is 32.3 Å². The van der Waals surface area contributed by atoms with Crippen LogP contribution in [0.3, 0.4) is 0 Å². The zero-order valence-corrected chi connectivity index (χ0v) is 24.4. The molecule has 0 nitrogen and oxygen atoms in total. The van der Waals surface area contributed by atoms with E-state index < -0.39 is 0 Å². The normalized spacial score (nSPS) is 10.1. The number of hydrogen-bond donors (Lipinski definition) is 0. The predicted molar refractivity (Wildman–Crippen MR) is 172 cm³/mol. The molecule has 6 aromatic carbocycles. The highest BCUT2D eigenvalue weighted by Crippen LogP contribution is 2.23. The molecule has 0 amide bonds. The first-order chi connectivity index (χ1) is 18.3. The van der Waals surface area contributed by atoms with Crippen LogP contribution in [0, 0.1) is 41.5 Å². The highest BCUT2D eigenvalue weighted by molar-refractivity contribution is 5.88. The Balaban J connectivity index is 0.000000153. The number of hydrogen-bond acceptors (Lipinski definition) is 0. The van der Waals surface area contributed by atoms with E-state index in [0.29, 0.717) is 0 Å². The summed E-state index contributed by atoms with van der Waals surface area (Å²) in [6.07, 6.45) is 0. The van der Waals surface area contributed by atoms with E-state index in [2.05, 4.69) is 151 Å². The third-order valence-electron chi connectivity index (χ3n) is 7.08. The number of aryl methyl sites for hydroxylation is 6. The van der Waals surface area contributed by atoms with Crippen LogP contribution in [0.5, 0.6) is 0 Å². The van der Waals surface area contributed by atoms with Crippen molar-refractivity contribution in [3.05, 3.63) is 143 Å². The summed E-state index contributed by atoms with van der Waals surface area (Å²) in [7, 11) is 0. The van der Waals surface area contributed by atoms with Gasteiger partial charge in [0, 0.05) is 0 Å². The molecule has 38 heavy (non-hydrogen) atoms. The molecule has 6 aromatic rings. The van der Waals surface area contributed by atoms with E-state index in [1.165, 1.54) is 65.7 Å². The van der Waals surface area contributed by atoms with Gasteiger partial charge in [-0.1, -0.05) is 129 Å². The summed E-state index contributed by atoms with van der Waals surface area (Å²) in [5.41, 5.74) is 8.17. The summed E-state index contributed by atoms with van der Waals surface area (Å²) >= 11 is 0. The van der Waals surface area contributed by atoms with Crippen molar-refractivity contribution in [1.29, 1.82) is 0 Å². The molecule has 0 spiro atoms. The monoisotopic (exact) mass is 498 g/mol. The third-order valence-corrected chi connectivity index (χ3v) is 7.08. The summed E-state index contributed by atoms with van der Waals surface area (Å²) in [4.78, 5) is 0. The van der Waals surface area contributed by atoms with Crippen molar-refractivity contribution >= 4 is 32.3 Å². The first-order valence-electron chi connectivity index (χ1n) is 13.7. The van der Waals surface area contributed by atoms with Gasteiger partial charge < -0.3 is 0 Å². The van der Waals surface area contributed by atoms with Gasteiger partial charge in [-0.3, -0.25) is 0 Å². The van der Waals surface area contributed by atoms with Crippen LogP contribution < -0.4 is 0 Å². The Bertz CT molecular complexity index is 1590. The number of rotatable bonds is 0. The molecule has 0 N–H and O–H groups in total. The van der Waals surface area contributed by atoms with Crippen LogP contribution in [-0.4, -0.2) is 0 Å². The van der Waals surface area contributed by atoms with E-state index in [9.17, 15) is 0 Å². The van der Waals surface area contributed by atoms with Crippen LogP contribution in [0.2, 0.25) is 0 Å². The number of benzene rings is 6. The van der Waals surface area contributed by atoms with E-state index in [1.807, 2.05) is 13.8 Å². The molecule has 0 aliphatic heterocycles. The average molecular weight is 499 g/mol. The summed E-state index contributed by atoms with van der Waals surface area (Å²) < 4.78 is 0. The summed E-state index contributed by atoms with van der Waals surface area (Å²) in [5.74, 6) is 0. The van der Waals surface area contributed by atoms with Crippen molar-refractivity contribution in [2.75, 3.05) is 0 Å².